The summed E-state index contributed by atoms with van der Waals surface area (Å²) < 4.78 is 32.5. The van der Waals surface area contributed by atoms with E-state index < -0.39 is 12.7 Å². The average Bonchev–Trinajstić information content (AvgIpc) is 3.25. The smallest absolute Gasteiger partial charge is 0.387 e. The molecule has 0 radical (unpaired) electrons. The number of ether oxygens (including phenoxy) is 1. The summed E-state index contributed by atoms with van der Waals surface area (Å²) in [6.45, 7) is 0.863. The molecule has 0 aliphatic rings. The van der Waals surface area contributed by atoms with Gasteiger partial charge < -0.3 is 14.9 Å². The number of pyridine rings is 2. The van der Waals surface area contributed by atoms with Gasteiger partial charge in [0.25, 0.3) is 0 Å². The van der Waals surface area contributed by atoms with Gasteiger partial charge in [0, 0.05) is 24.2 Å². The summed E-state index contributed by atoms with van der Waals surface area (Å²) in [4.78, 5) is 8.49. The molecule has 0 amide bonds. The van der Waals surface area contributed by atoms with Gasteiger partial charge in [0.2, 0.25) is 5.88 Å². The molecule has 30 heavy (non-hydrogen) atoms. The molecule has 0 aromatic carbocycles. The zero-order valence-electron chi connectivity index (χ0n) is 16.2. The molecule has 0 spiro atoms. The quantitative estimate of drug-likeness (QED) is 0.502. The van der Waals surface area contributed by atoms with Crippen LogP contribution in [0.25, 0.3) is 27.8 Å². The lowest BCUT2D eigenvalue weighted by molar-refractivity contribution is -0.0500. The van der Waals surface area contributed by atoms with Crippen molar-refractivity contribution in [3.63, 3.8) is 0 Å². The van der Waals surface area contributed by atoms with E-state index in [4.69, 9.17) is 0 Å². The first-order valence-electron chi connectivity index (χ1n) is 9.14. The largest absolute Gasteiger partial charge is 0.494 e. The highest BCUT2D eigenvalue weighted by Gasteiger charge is 2.17. The van der Waals surface area contributed by atoms with Crippen LogP contribution >= 0.6 is 0 Å². The van der Waals surface area contributed by atoms with E-state index in [2.05, 4.69) is 19.8 Å². The van der Waals surface area contributed by atoms with E-state index in [1.54, 1.807) is 40.8 Å². The number of hydrogen-bond acceptors (Lipinski definition) is 6. The molecule has 0 aliphatic heterocycles. The van der Waals surface area contributed by atoms with Crippen molar-refractivity contribution in [2.45, 2.75) is 33.1 Å². The van der Waals surface area contributed by atoms with Crippen molar-refractivity contribution < 1.29 is 23.7 Å². The fourth-order valence-electron chi connectivity index (χ4n) is 3.30. The highest BCUT2D eigenvalue weighted by Crippen LogP contribution is 2.34. The van der Waals surface area contributed by atoms with Gasteiger partial charge in [-0.25, -0.2) is 4.98 Å². The van der Waals surface area contributed by atoms with Crippen molar-refractivity contribution in [2.75, 3.05) is 0 Å². The summed E-state index contributed by atoms with van der Waals surface area (Å²) in [6, 6.07) is 3.18. The monoisotopic (exact) mass is 415 g/mol. The summed E-state index contributed by atoms with van der Waals surface area (Å²) in [6.07, 6.45) is 7.10. The molecule has 4 rings (SSSR count). The molecule has 0 unspecified atom stereocenters. The summed E-state index contributed by atoms with van der Waals surface area (Å²) in [5, 5.41) is 25.0. The van der Waals surface area contributed by atoms with Crippen LogP contribution in [0.2, 0.25) is 0 Å². The molecule has 0 aliphatic carbocycles. The van der Waals surface area contributed by atoms with Gasteiger partial charge in [-0.2, -0.15) is 13.9 Å². The van der Waals surface area contributed by atoms with E-state index in [-0.39, 0.29) is 11.6 Å². The minimum Gasteiger partial charge on any atom is -0.494 e. The maximum atomic E-state index is 12.5. The number of hydrogen-bond donors (Lipinski definition) is 2. The highest BCUT2D eigenvalue weighted by molar-refractivity contribution is 5.90. The number of aromatic nitrogens is 5. The number of aliphatic hydroxyl groups excluding tert-OH is 1. The first kappa shape index (κ1) is 19.8. The van der Waals surface area contributed by atoms with Gasteiger partial charge in [-0.05, 0) is 31.5 Å². The predicted octanol–water partition coefficient (Wildman–Crippen LogP) is 3.28. The lowest BCUT2D eigenvalue weighted by Gasteiger charge is -2.07. The number of aliphatic hydroxyl groups is 1. The molecule has 1 atom stereocenters. The fourth-order valence-corrected chi connectivity index (χ4v) is 3.30. The number of halogens is 2. The summed E-state index contributed by atoms with van der Waals surface area (Å²) in [5.41, 5.74) is 2.90. The zero-order valence-corrected chi connectivity index (χ0v) is 16.2. The van der Waals surface area contributed by atoms with Crippen molar-refractivity contribution in [3.05, 3.63) is 48.7 Å². The molecule has 156 valence electrons. The van der Waals surface area contributed by atoms with Crippen molar-refractivity contribution in [3.8, 4) is 28.6 Å². The third-order valence-corrected chi connectivity index (χ3v) is 4.53. The van der Waals surface area contributed by atoms with Crippen LogP contribution in [-0.2, 0) is 6.54 Å². The Balaban J connectivity index is 1.75. The standard InChI is InChI=1S/C20H19F2N5O3/c1-11-3-16(13-4-15(7-23-5-13)30-20(21)22)25-17-10-27(19(29)18(11)17)14-6-24-26(9-14)8-12(2)28/h3-7,9-10,12,20,28-29H,8H2,1-2H3/t12-/m0/s1. The van der Waals surface area contributed by atoms with E-state index in [1.165, 1.54) is 18.5 Å². The Kier molecular flexibility index (Phi) is 5.08. The zero-order chi connectivity index (χ0) is 21.4. The second-order valence-corrected chi connectivity index (χ2v) is 6.96. The summed E-state index contributed by atoms with van der Waals surface area (Å²) in [5.74, 6) is -0.0564. The van der Waals surface area contributed by atoms with Gasteiger partial charge in [0.05, 0.1) is 47.3 Å². The predicted molar refractivity (Wildman–Crippen MR) is 105 cm³/mol. The first-order chi connectivity index (χ1) is 14.3. The lowest BCUT2D eigenvalue weighted by atomic mass is 10.1. The van der Waals surface area contributed by atoms with Crippen molar-refractivity contribution in [1.82, 2.24) is 24.3 Å². The highest BCUT2D eigenvalue weighted by atomic mass is 19.3. The third-order valence-electron chi connectivity index (χ3n) is 4.53. The lowest BCUT2D eigenvalue weighted by Crippen LogP contribution is -2.11. The normalized spacial score (nSPS) is 12.6. The molecule has 4 heterocycles. The molecular formula is C20H19F2N5O3. The Morgan fingerprint density at radius 2 is 1.97 bits per heavy atom. The van der Waals surface area contributed by atoms with E-state index in [0.717, 1.165) is 5.56 Å². The molecule has 4 aromatic rings. The first-order valence-corrected chi connectivity index (χ1v) is 9.14. The van der Waals surface area contributed by atoms with E-state index in [1.807, 2.05) is 6.92 Å². The maximum absolute atomic E-state index is 12.5. The number of aryl methyl sites for hydroxylation is 1. The Morgan fingerprint density at radius 1 is 1.17 bits per heavy atom. The number of nitrogens with zero attached hydrogens (tertiary/aromatic N) is 5. The molecule has 0 saturated carbocycles. The molecule has 0 saturated heterocycles. The number of aromatic hydroxyl groups is 1. The second-order valence-electron chi connectivity index (χ2n) is 6.96. The molecule has 2 N–H and O–H groups in total. The van der Waals surface area contributed by atoms with E-state index >= 15 is 0 Å². The van der Waals surface area contributed by atoms with Gasteiger partial charge in [-0.1, -0.05) is 0 Å². The van der Waals surface area contributed by atoms with Crippen LogP contribution in [0.5, 0.6) is 11.6 Å². The van der Waals surface area contributed by atoms with Gasteiger partial charge in [-0.15, -0.1) is 0 Å². The van der Waals surface area contributed by atoms with Crippen molar-refractivity contribution >= 4 is 10.9 Å². The van der Waals surface area contributed by atoms with Crippen molar-refractivity contribution in [1.29, 1.82) is 0 Å². The van der Waals surface area contributed by atoms with Crippen molar-refractivity contribution in [2.24, 2.45) is 0 Å². The Labute approximate surface area is 170 Å². The van der Waals surface area contributed by atoms with Gasteiger partial charge in [0.1, 0.15) is 5.75 Å². The van der Waals surface area contributed by atoms with Crippen LogP contribution in [0.1, 0.15) is 12.5 Å². The van der Waals surface area contributed by atoms with Gasteiger partial charge in [-0.3, -0.25) is 14.2 Å². The minimum absolute atomic E-state index is 0.00561. The van der Waals surface area contributed by atoms with Crippen LogP contribution < -0.4 is 4.74 Å². The minimum atomic E-state index is -2.94. The Hall–Kier alpha value is -3.53. The Bertz CT molecular complexity index is 1200. The molecular weight excluding hydrogens is 396 g/mol. The van der Waals surface area contributed by atoms with Gasteiger partial charge in [0.15, 0.2) is 0 Å². The average molecular weight is 415 g/mol. The molecule has 10 heteroatoms. The topological polar surface area (TPSA) is 98.2 Å². The van der Waals surface area contributed by atoms with Crippen LogP contribution in [0, 0.1) is 6.92 Å². The van der Waals surface area contributed by atoms with Gasteiger partial charge >= 0.3 is 6.61 Å². The third kappa shape index (κ3) is 3.81. The van der Waals surface area contributed by atoms with Crippen LogP contribution in [0.4, 0.5) is 8.78 Å². The summed E-state index contributed by atoms with van der Waals surface area (Å²) >= 11 is 0. The Morgan fingerprint density at radius 3 is 2.70 bits per heavy atom. The van der Waals surface area contributed by atoms with E-state index in [9.17, 15) is 19.0 Å². The molecule has 4 aromatic heterocycles. The molecule has 0 bridgehead atoms. The van der Waals surface area contributed by atoms with Crippen LogP contribution in [-0.4, -0.2) is 47.2 Å². The number of fused-ring (bicyclic) bond motifs is 1. The summed E-state index contributed by atoms with van der Waals surface area (Å²) in [7, 11) is 0. The van der Waals surface area contributed by atoms with Crippen LogP contribution in [0.15, 0.2) is 43.1 Å². The SMILES string of the molecule is Cc1cc(-c2cncc(OC(F)F)c2)nc2cn(-c3cnn(C[C@H](C)O)c3)c(O)c12. The fraction of sp³-hybridized carbons (Fsp3) is 0.250. The second kappa shape index (κ2) is 7.71. The molecule has 8 nitrogen and oxygen atoms in total. The van der Waals surface area contributed by atoms with Crippen LogP contribution in [0.3, 0.4) is 0 Å². The number of rotatable bonds is 6. The molecule has 0 fully saturated rings. The number of alkyl halides is 2. The maximum Gasteiger partial charge on any atom is 0.387 e. The van der Waals surface area contributed by atoms with E-state index in [0.29, 0.717) is 34.4 Å².